The molecule has 1 atom stereocenters. The van der Waals surface area contributed by atoms with Gasteiger partial charge in [-0.25, -0.2) is 0 Å². The minimum atomic E-state index is -0.644. The molecular weight excluding hydrogens is 278 g/mol. The summed E-state index contributed by atoms with van der Waals surface area (Å²) in [4.78, 5) is 10.6. The second kappa shape index (κ2) is 5.97. The molecule has 1 fully saturated rings. The van der Waals surface area contributed by atoms with E-state index in [1.807, 2.05) is 13.8 Å². The fourth-order valence-corrected chi connectivity index (χ4v) is 2.41. The van der Waals surface area contributed by atoms with Crippen molar-refractivity contribution in [1.29, 1.82) is 0 Å². The first-order valence-electron chi connectivity index (χ1n) is 6.63. The van der Waals surface area contributed by atoms with Gasteiger partial charge in [0, 0.05) is 18.1 Å². The van der Waals surface area contributed by atoms with Crippen LogP contribution in [0.2, 0.25) is 0 Å². The van der Waals surface area contributed by atoms with Gasteiger partial charge in [0.2, 0.25) is 0 Å². The van der Waals surface area contributed by atoms with E-state index in [0.29, 0.717) is 24.3 Å². The van der Waals surface area contributed by atoms with Gasteiger partial charge in [-0.1, -0.05) is 0 Å². The fourth-order valence-electron chi connectivity index (χ4n) is 2.41. The lowest BCUT2D eigenvalue weighted by Crippen LogP contribution is -2.22. The summed E-state index contributed by atoms with van der Waals surface area (Å²) in [5.74, 6) is -0.146. The Morgan fingerprint density at radius 1 is 1.48 bits per heavy atom. The van der Waals surface area contributed by atoms with Gasteiger partial charge in [-0.3, -0.25) is 10.1 Å². The van der Waals surface area contributed by atoms with Crippen molar-refractivity contribution in [2.75, 3.05) is 13.7 Å². The number of hydrogen-bond donors (Lipinski definition) is 1. The van der Waals surface area contributed by atoms with Crippen molar-refractivity contribution in [3.05, 3.63) is 33.4 Å². The molecule has 7 heteroatoms. The van der Waals surface area contributed by atoms with Gasteiger partial charge in [-0.2, -0.15) is 0 Å². The number of aliphatic hydroxyl groups is 1. The Kier molecular flexibility index (Phi) is 4.46. The molecule has 1 heterocycles. The number of rotatable bonds is 5. The van der Waals surface area contributed by atoms with Crippen molar-refractivity contribution < 1.29 is 24.2 Å². The summed E-state index contributed by atoms with van der Waals surface area (Å²) in [5, 5.41) is 20.3. The van der Waals surface area contributed by atoms with E-state index in [1.165, 1.54) is 19.2 Å². The molecule has 0 spiro atoms. The Balaban J connectivity index is 2.29. The predicted octanol–water partition coefficient (Wildman–Crippen LogP) is 1.79. The highest BCUT2D eigenvalue weighted by Gasteiger charge is 2.33. The highest BCUT2D eigenvalue weighted by Crippen LogP contribution is 2.32. The van der Waals surface area contributed by atoms with Crippen molar-refractivity contribution in [3.63, 3.8) is 0 Å². The van der Waals surface area contributed by atoms with Gasteiger partial charge in [0.15, 0.2) is 5.79 Å². The smallest absolute Gasteiger partial charge is 0.275 e. The molecule has 0 bridgehead atoms. The molecule has 1 saturated heterocycles. The molecule has 1 N–H and O–H groups in total. The van der Waals surface area contributed by atoms with Crippen LogP contribution in [0, 0.1) is 10.1 Å². The quantitative estimate of drug-likeness (QED) is 0.658. The molecule has 1 aliphatic heterocycles. The standard InChI is InChI=1S/C14H19NO6/c1-14(2)20-8-11(21-14)4-9-5-12(15(17)18)10(7-16)6-13(9)19-3/h5-6,11,16H,4,7-8H2,1-3H3. The fraction of sp³-hybridized carbons (Fsp3) is 0.571. The predicted molar refractivity (Wildman–Crippen MR) is 74.2 cm³/mol. The SMILES string of the molecule is COc1cc(CO)c([N+](=O)[O-])cc1CC1COC(C)(C)O1. The molecule has 1 aromatic rings. The van der Waals surface area contributed by atoms with Crippen LogP contribution in [0.3, 0.4) is 0 Å². The lowest BCUT2D eigenvalue weighted by Gasteiger charge is -2.18. The molecule has 0 aromatic heterocycles. The number of hydrogen-bond acceptors (Lipinski definition) is 6. The van der Waals surface area contributed by atoms with E-state index in [2.05, 4.69) is 0 Å². The molecule has 1 aromatic carbocycles. The first-order chi connectivity index (χ1) is 9.86. The second-order valence-corrected chi connectivity index (χ2v) is 5.36. The third-order valence-electron chi connectivity index (χ3n) is 3.36. The van der Waals surface area contributed by atoms with Crippen LogP contribution in [-0.2, 0) is 22.5 Å². The van der Waals surface area contributed by atoms with Crippen molar-refractivity contribution in [3.8, 4) is 5.75 Å². The van der Waals surface area contributed by atoms with Gasteiger partial charge in [0.05, 0.1) is 36.9 Å². The minimum absolute atomic E-state index is 0.119. The van der Waals surface area contributed by atoms with Crippen molar-refractivity contribution in [2.45, 2.75) is 38.8 Å². The monoisotopic (exact) mass is 297 g/mol. The summed E-state index contributed by atoms with van der Waals surface area (Å²) < 4.78 is 16.5. The zero-order valence-corrected chi connectivity index (χ0v) is 12.3. The maximum absolute atomic E-state index is 11.1. The van der Waals surface area contributed by atoms with E-state index in [4.69, 9.17) is 14.2 Å². The molecule has 7 nitrogen and oxygen atoms in total. The largest absolute Gasteiger partial charge is 0.496 e. The zero-order chi connectivity index (χ0) is 15.6. The maximum Gasteiger partial charge on any atom is 0.275 e. The normalized spacial score (nSPS) is 20.5. The molecule has 0 aliphatic carbocycles. The van der Waals surface area contributed by atoms with E-state index in [0.717, 1.165) is 0 Å². The number of nitro groups is 1. The number of benzene rings is 1. The van der Waals surface area contributed by atoms with Crippen LogP contribution in [-0.4, -0.2) is 35.6 Å². The van der Waals surface area contributed by atoms with E-state index in [9.17, 15) is 15.2 Å². The third kappa shape index (κ3) is 3.49. The average Bonchev–Trinajstić information content (AvgIpc) is 2.77. The molecule has 2 rings (SSSR count). The minimum Gasteiger partial charge on any atom is -0.496 e. The number of nitro benzene ring substituents is 1. The lowest BCUT2D eigenvalue weighted by atomic mass is 10.0. The van der Waals surface area contributed by atoms with Crippen molar-refractivity contribution in [1.82, 2.24) is 0 Å². The molecule has 1 aliphatic rings. The summed E-state index contributed by atoms with van der Waals surface area (Å²) in [6, 6.07) is 2.92. The van der Waals surface area contributed by atoms with Crippen LogP contribution < -0.4 is 4.74 Å². The summed E-state index contributed by atoms with van der Waals surface area (Å²) in [6.07, 6.45) is 0.257. The number of ether oxygens (including phenoxy) is 3. The van der Waals surface area contributed by atoms with Crippen molar-refractivity contribution in [2.24, 2.45) is 0 Å². The second-order valence-electron chi connectivity index (χ2n) is 5.36. The molecule has 0 radical (unpaired) electrons. The number of aliphatic hydroxyl groups excluding tert-OH is 1. The van der Waals surface area contributed by atoms with Gasteiger partial charge in [0.25, 0.3) is 5.69 Å². The van der Waals surface area contributed by atoms with E-state index in [-0.39, 0.29) is 17.4 Å². The van der Waals surface area contributed by atoms with Gasteiger partial charge < -0.3 is 19.3 Å². The molecule has 0 amide bonds. The zero-order valence-electron chi connectivity index (χ0n) is 12.3. The highest BCUT2D eigenvalue weighted by atomic mass is 16.7. The summed E-state index contributed by atoms with van der Waals surface area (Å²) in [5.41, 5.74) is 0.767. The first kappa shape index (κ1) is 15.7. The Bertz CT molecular complexity index is 543. The average molecular weight is 297 g/mol. The Morgan fingerprint density at radius 3 is 2.67 bits per heavy atom. The molecule has 0 saturated carbocycles. The maximum atomic E-state index is 11.1. The van der Waals surface area contributed by atoms with E-state index < -0.39 is 17.3 Å². The molecule has 116 valence electrons. The Morgan fingerprint density at radius 2 is 2.19 bits per heavy atom. The van der Waals surface area contributed by atoms with Crippen molar-refractivity contribution >= 4 is 5.69 Å². The first-order valence-corrected chi connectivity index (χ1v) is 6.63. The van der Waals surface area contributed by atoms with E-state index >= 15 is 0 Å². The van der Waals surface area contributed by atoms with Crippen LogP contribution in [0.1, 0.15) is 25.0 Å². The Labute approximate surface area is 122 Å². The van der Waals surface area contributed by atoms with Crippen LogP contribution in [0.4, 0.5) is 5.69 Å². The van der Waals surface area contributed by atoms with E-state index in [1.54, 1.807) is 0 Å². The van der Waals surface area contributed by atoms with Gasteiger partial charge in [-0.05, 0) is 19.9 Å². The summed E-state index contributed by atoms with van der Waals surface area (Å²) >= 11 is 0. The molecule has 21 heavy (non-hydrogen) atoms. The third-order valence-corrected chi connectivity index (χ3v) is 3.36. The van der Waals surface area contributed by atoms with Gasteiger partial charge >= 0.3 is 0 Å². The Hall–Kier alpha value is -1.70. The van der Waals surface area contributed by atoms with Crippen LogP contribution in [0.25, 0.3) is 0 Å². The molecular formula is C14H19NO6. The number of nitrogens with zero attached hydrogens (tertiary/aromatic N) is 1. The highest BCUT2D eigenvalue weighted by molar-refractivity contribution is 5.50. The summed E-state index contributed by atoms with van der Waals surface area (Å²) in [6.45, 7) is 3.65. The van der Waals surface area contributed by atoms with Crippen LogP contribution in [0.5, 0.6) is 5.75 Å². The van der Waals surface area contributed by atoms with Crippen LogP contribution >= 0.6 is 0 Å². The lowest BCUT2D eigenvalue weighted by molar-refractivity contribution is -0.385. The number of methoxy groups -OCH3 is 1. The van der Waals surface area contributed by atoms with Gasteiger partial charge in [-0.15, -0.1) is 0 Å². The summed E-state index contributed by atoms with van der Waals surface area (Å²) in [7, 11) is 1.49. The topological polar surface area (TPSA) is 91.1 Å². The van der Waals surface area contributed by atoms with Gasteiger partial charge in [0.1, 0.15) is 5.75 Å². The van der Waals surface area contributed by atoms with Crippen LogP contribution in [0.15, 0.2) is 12.1 Å². The molecule has 1 unspecified atom stereocenters.